The van der Waals surface area contributed by atoms with Gasteiger partial charge in [-0.3, -0.25) is 0 Å². The van der Waals surface area contributed by atoms with Crippen molar-refractivity contribution in [3.05, 3.63) is 11.6 Å². The molecule has 1 atom stereocenters. The van der Waals surface area contributed by atoms with E-state index in [4.69, 9.17) is 0 Å². The summed E-state index contributed by atoms with van der Waals surface area (Å²) in [5, 5.41) is 10.0. The third kappa shape index (κ3) is 5.36. The SMILES string of the molecule is CCCCCCC(O)C1=CCCCCC1. The molecule has 1 heteroatoms. The lowest BCUT2D eigenvalue weighted by Crippen LogP contribution is -2.10. The van der Waals surface area contributed by atoms with Crippen LogP contribution in [0.3, 0.4) is 0 Å². The molecule has 1 rings (SSSR count). The van der Waals surface area contributed by atoms with Gasteiger partial charge >= 0.3 is 0 Å². The van der Waals surface area contributed by atoms with E-state index in [2.05, 4.69) is 13.0 Å². The van der Waals surface area contributed by atoms with Gasteiger partial charge in [-0.05, 0) is 37.7 Å². The molecule has 0 aliphatic heterocycles. The Labute approximate surface area is 94.6 Å². The molecule has 0 saturated heterocycles. The summed E-state index contributed by atoms with van der Waals surface area (Å²) in [4.78, 5) is 0. The molecule has 1 aliphatic rings. The van der Waals surface area contributed by atoms with Gasteiger partial charge < -0.3 is 5.11 Å². The molecule has 0 spiro atoms. The van der Waals surface area contributed by atoms with Crippen molar-refractivity contribution in [3.8, 4) is 0 Å². The molecule has 0 aromatic rings. The van der Waals surface area contributed by atoms with Crippen LogP contribution in [0.25, 0.3) is 0 Å². The highest BCUT2D eigenvalue weighted by atomic mass is 16.3. The smallest absolute Gasteiger partial charge is 0.0750 e. The molecular formula is C14H26O. The highest BCUT2D eigenvalue weighted by Crippen LogP contribution is 2.22. The van der Waals surface area contributed by atoms with E-state index in [1.807, 2.05) is 0 Å². The minimum absolute atomic E-state index is 0.139. The van der Waals surface area contributed by atoms with Gasteiger partial charge in [0.05, 0.1) is 6.10 Å². The Morgan fingerprint density at radius 1 is 1.20 bits per heavy atom. The van der Waals surface area contributed by atoms with E-state index in [1.54, 1.807) is 0 Å². The first-order valence-corrected chi connectivity index (χ1v) is 6.71. The first-order valence-electron chi connectivity index (χ1n) is 6.71. The molecule has 15 heavy (non-hydrogen) atoms. The second-order valence-electron chi connectivity index (χ2n) is 4.74. The summed E-state index contributed by atoms with van der Waals surface area (Å²) >= 11 is 0. The maximum atomic E-state index is 10.0. The molecule has 0 saturated carbocycles. The van der Waals surface area contributed by atoms with Gasteiger partial charge in [0.25, 0.3) is 0 Å². The number of hydrogen-bond donors (Lipinski definition) is 1. The molecule has 1 unspecified atom stereocenters. The highest BCUT2D eigenvalue weighted by molar-refractivity contribution is 5.09. The maximum Gasteiger partial charge on any atom is 0.0750 e. The van der Waals surface area contributed by atoms with Crippen LogP contribution in [0.1, 0.15) is 71.1 Å². The molecule has 1 N–H and O–H groups in total. The molecule has 0 aromatic carbocycles. The Morgan fingerprint density at radius 2 is 2.07 bits per heavy atom. The Morgan fingerprint density at radius 3 is 2.87 bits per heavy atom. The van der Waals surface area contributed by atoms with Crippen LogP contribution < -0.4 is 0 Å². The summed E-state index contributed by atoms with van der Waals surface area (Å²) in [6.45, 7) is 2.23. The average molecular weight is 210 g/mol. The van der Waals surface area contributed by atoms with Crippen LogP contribution in [0.4, 0.5) is 0 Å². The zero-order chi connectivity index (χ0) is 10.9. The first-order chi connectivity index (χ1) is 7.34. The highest BCUT2D eigenvalue weighted by Gasteiger charge is 2.11. The van der Waals surface area contributed by atoms with Crippen molar-refractivity contribution in [2.75, 3.05) is 0 Å². The summed E-state index contributed by atoms with van der Waals surface area (Å²) < 4.78 is 0. The van der Waals surface area contributed by atoms with Crippen LogP contribution in [0.2, 0.25) is 0 Å². The minimum atomic E-state index is -0.139. The molecule has 0 amide bonds. The number of aliphatic hydroxyl groups is 1. The predicted molar refractivity (Wildman–Crippen MR) is 65.9 cm³/mol. The largest absolute Gasteiger partial charge is 0.389 e. The molecule has 0 heterocycles. The van der Waals surface area contributed by atoms with Crippen molar-refractivity contribution >= 4 is 0 Å². The van der Waals surface area contributed by atoms with E-state index < -0.39 is 0 Å². The van der Waals surface area contributed by atoms with Crippen molar-refractivity contribution in [3.63, 3.8) is 0 Å². The molecule has 0 fully saturated rings. The zero-order valence-electron chi connectivity index (χ0n) is 10.2. The van der Waals surface area contributed by atoms with Crippen molar-refractivity contribution in [1.29, 1.82) is 0 Å². The Balaban J connectivity index is 2.19. The van der Waals surface area contributed by atoms with Gasteiger partial charge in [0.15, 0.2) is 0 Å². The van der Waals surface area contributed by atoms with E-state index in [0.29, 0.717) is 0 Å². The fourth-order valence-electron chi connectivity index (χ4n) is 2.29. The van der Waals surface area contributed by atoms with Crippen LogP contribution in [0.15, 0.2) is 11.6 Å². The third-order valence-electron chi connectivity index (χ3n) is 3.34. The molecule has 1 nitrogen and oxygen atoms in total. The van der Waals surface area contributed by atoms with Crippen LogP contribution in [-0.2, 0) is 0 Å². The first kappa shape index (κ1) is 12.8. The number of unbranched alkanes of at least 4 members (excludes halogenated alkanes) is 3. The molecular weight excluding hydrogens is 184 g/mol. The van der Waals surface area contributed by atoms with E-state index >= 15 is 0 Å². The fourth-order valence-corrected chi connectivity index (χ4v) is 2.29. The van der Waals surface area contributed by atoms with Gasteiger partial charge in [-0.1, -0.05) is 45.1 Å². The van der Waals surface area contributed by atoms with Crippen molar-refractivity contribution in [2.45, 2.75) is 77.2 Å². The number of allylic oxidation sites excluding steroid dienone is 1. The van der Waals surface area contributed by atoms with E-state index in [1.165, 1.54) is 56.9 Å². The van der Waals surface area contributed by atoms with Gasteiger partial charge in [-0.15, -0.1) is 0 Å². The summed E-state index contributed by atoms with van der Waals surface area (Å²) in [6, 6.07) is 0. The standard InChI is InChI=1S/C14H26O/c1-2-3-4-9-12-14(15)13-10-7-5-6-8-11-13/h10,14-15H,2-9,11-12H2,1H3. The lowest BCUT2D eigenvalue weighted by Gasteiger charge is -2.13. The normalized spacial score (nSPS) is 19.5. The van der Waals surface area contributed by atoms with Crippen LogP contribution in [0, 0.1) is 0 Å². The summed E-state index contributed by atoms with van der Waals surface area (Å²) in [7, 11) is 0. The second kappa shape index (κ2) is 7.92. The topological polar surface area (TPSA) is 20.2 Å². The van der Waals surface area contributed by atoms with Gasteiger partial charge in [0.2, 0.25) is 0 Å². The predicted octanol–water partition coefficient (Wildman–Crippen LogP) is 4.21. The van der Waals surface area contributed by atoms with Crippen LogP contribution in [0.5, 0.6) is 0 Å². The van der Waals surface area contributed by atoms with Crippen molar-refractivity contribution in [2.24, 2.45) is 0 Å². The van der Waals surface area contributed by atoms with E-state index in [0.717, 1.165) is 12.8 Å². The maximum absolute atomic E-state index is 10.0. The Hall–Kier alpha value is -0.300. The number of aliphatic hydroxyl groups excluding tert-OH is 1. The van der Waals surface area contributed by atoms with Crippen LogP contribution in [-0.4, -0.2) is 11.2 Å². The van der Waals surface area contributed by atoms with Crippen molar-refractivity contribution < 1.29 is 5.11 Å². The molecule has 0 bridgehead atoms. The van der Waals surface area contributed by atoms with Gasteiger partial charge in [-0.25, -0.2) is 0 Å². The van der Waals surface area contributed by atoms with Crippen molar-refractivity contribution in [1.82, 2.24) is 0 Å². The zero-order valence-corrected chi connectivity index (χ0v) is 10.2. The van der Waals surface area contributed by atoms with E-state index in [9.17, 15) is 5.11 Å². The Bertz CT molecular complexity index is 184. The monoisotopic (exact) mass is 210 g/mol. The van der Waals surface area contributed by atoms with E-state index in [-0.39, 0.29) is 6.10 Å². The molecule has 88 valence electrons. The second-order valence-corrected chi connectivity index (χ2v) is 4.74. The molecule has 0 radical (unpaired) electrons. The van der Waals surface area contributed by atoms with Gasteiger partial charge in [0, 0.05) is 0 Å². The average Bonchev–Trinajstić information content (AvgIpc) is 2.52. The lowest BCUT2D eigenvalue weighted by atomic mass is 9.99. The fraction of sp³-hybridized carbons (Fsp3) is 0.857. The third-order valence-corrected chi connectivity index (χ3v) is 3.34. The number of rotatable bonds is 6. The lowest BCUT2D eigenvalue weighted by molar-refractivity contribution is 0.191. The quantitative estimate of drug-likeness (QED) is 0.514. The number of hydrogen-bond acceptors (Lipinski definition) is 1. The summed E-state index contributed by atoms with van der Waals surface area (Å²) in [5.74, 6) is 0. The summed E-state index contributed by atoms with van der Waals surface area (Å²) in [6.07, 6.45) is 14.4. The molecule has 1 aliphatic carbocycles. The van der Waals surface area contributed by atoms with Gasteiger partial charge in [0.1, 0.15) is 0 Å². The van der Waals surface area contributed by atoms with Crippen LogP contribution >= 0.6 is 0 Å². The molecule has 0 aromatic heterocycles. The Kier molecular flexibility index (Phi) is 6.74. The summed E-state index contributed by atoms with van der Waals surface area (Å²) in [5.41, 5.74) is 1.32. The minimum Gasteiger partial charge on any atom is -0.389 e. The van der Waals surface area contributed by atoms with Gasteiger partial charge in [-0.2, -0.15) is 0 Å².